The largest absolute Gasteiger partial charge is 0.310 e. The van der Waals surface area contributed by atoms with Crippen molar-refractivity contribution in [3.63, 3.8) is 0 Å². The topological polar surface area (TPSA) is 9.72 Å². The fraction of sp³-hybridized carbons (Fsp3) is 0.0435. The molecule has 0 aliphatic carbocycles. The molecule has 1 aliphatic heterocycles. The maximum Gasteiger partial charge on any atom is 0.0742 e. The van der Waals surface area contributed by atoms with E-state index in [0.29, 0.717) is 0 Å². The zero-order valence-corrected chi connectivity index (χ0v) is 40.5. The minimum absolute atomic E-state index is 0.702. The second kappa shape index (κ2) is 19.0. The van der Waals surface area contributed by atoms with Gasteiger partial charge in [-0.25, -0.2) is 0 Å². The van der Waals surface area contributed by atoms with Gasteiger partial charge in [0.25, 0.3) is 0 Å². The van der Waals surface area contributed by atoms with Crippen molar-refractivity contribution in [2.45, 2.75) is 19.3 Å². The molecule has 0 fully saturated rings. The fourth-order valence-electron chi connectivity index (χ4n) is 10.9. The third-order valence-electron chi connectivity index (χ3n) is 14.2. The fourth-order valence-corrected chi connectivity index (χ4v) is 10.9. The number of hydrogen-bond donors (Lipinski definition) is 0. The highest BCUT2D eigenvalue weighted by Gasteiger charge is 2.46. The monoisotopic (exact) mass is 923 g/mol. The summed E-state index contributed by atoms with van der Waals surface area (Å²) in [6, 6.07) is 104. The van der Waals surface area contributed by atoms with Gasteiger partial charge in [-0.3, -0.25) is 0 Å². The highest BCUT2D eigenvalue weighted by Crippen LogP contribution is 2.58. The van der Waals surface area contributed by atoms with Crippen molar-refractivity contribution in [1.82, 2.24) is 0 Å². The van der Waals surface area contributed by atoms with Crippen LogP contribution >= 0.6 is 0 Å². The number of benzene rings is 11. The van der Waals surface area contributed by atoms with Crippen LogP contribution in [0.25, 0.3) is 22.3 Å². The van der Waals surface area contributed by atoms with Crippen LogP contribution in [-0.2, 0) is 5.41 Å². The molecule has 0 amide bonds. The summed E-state index contributed by atoms with van der Waals surface area (Å²) < 4.78 is 0. The third kappa shape index (κ3) is 8.01. The van der Waals surface area contributed by atoms with Crippen molar-refractivity contribution in [2.75, 3.05) is 14.7 Å². The molecule has 3 heteroatoms. The average molecular weight is 924 g/mol. The Balaban J connectivity index is 1.03. The van der Waals surface area contributed by atoms with Gasteiger partial charge >= 0.3 is 0 Å². The SMILES string of the molecule is Cc1cccc(N(c2ccc(-c3ccccc3)cc2)c2ccc(C3(c4ccc(N(c5ccc(-c6ccccc6)cc5)c5cccc(C)c5)cc4)c4ccccc4N(c4ccccc4)c4ccccc43)cc2)c1. The molecular formula is C69H53N3. The maximum atomic E-state index is 2.43. The number of hydrogen-bond acceptors (Lipinski definition) is 3. The summed E-state index contributed by atoms with van der Waals surface area (Å²) in [4.78, 5) is 7.18. The van der Waals surface area contributed by atoms with Gasteiger partial charge in [0, 0.05) is 39.8 Å². The molecule has 0 saturated heterocycles. The number of rotatable bonds is 11. The summed E-state index contributed by atoms with van der Waals surface area (Å²) in [5.74, 6) is 0. The molecule has 0 atom stereocenters. The van der Waals surface area contributed by atoms with Crippen LogP contribution in [0.1, 0.15) is 33.4 Å². The molecule has 1 heterocycles. The molecule has 12 rings (SSSR count). The van der Waals surface area contributed by atoms with Gasteiger partial charge in [-0.15, -0.1) is 0 Å². The quantitative estimate of drug-likeness (QED) is 0.128. The molecule has 0 unspecified atom stereocenters. The Labute approximate surface area is 423 Å². The van der Waals surface area contributed by atoms with Crippen LogP contribution in [0.5, 0.6) is 0 Å². The lowest BCUT2D eigenvalue weighted by atomic mass is 9.62. The lowest BCUT2D eigenvalue weighted by Gasteiger charge is -2.46. The van der Waals surface area contributed by atoms with E-state index in [0.717, 1.165) is 51.2 Å². The first-order valence-electron chi connectivity index (χ1n) is 24.8. The first-order chi connectivity index (χ1) is 35.5. The van der Waals surface area contributed by atoms with Gasteiger partial charge in [-0.1, -0.05) is 188 Å². The molecule has 1 aliphatic rings. The Morgan fingerprint density at radius 3 is 1.00 bits per heavy atom. The summed E-state index contributed by atoms with van der Waals surface area (Å²) in [5, 5.41) is 0. The zero-order valence-electron chi connectivity index (χ0n) is 40.5. The molecular weight excluding hydrogens is 871 g/mol. The summed E-state index contributed by atoms with van der Waals surface area (Å²) in [6.45, 7) is 4.33. The van der Waals surface area contributed by atoms with Crippen LogP contribution in [0, 0.1) is 13.8 Å². The molecule has 0 saturated carbocycles. The second-order valence-corrected chi connectivity index (χ2v) is 18.7. The molecule has 11 aromatic carbocycles. The number of nitrogens with zero attached hydrogens (tertiary/aromatic N) is 3. The average Bonchev–Trinajstić information content (AvgIpc) is 3.44. The van der Waals surface area contributed by atoms with E-state index in [1.165, 1.54) is 55.6 Å². The highest BCUT2D eigenvalue weighted by molar-refractivity contribution is 5.90. The summed E-state index contributed by atoms with van der Waals surface area (Å²) in [5.41, 5.74) is 21.3. The van der Waals surface area contributed by atoms with Crippen LogP contribution in [0.15, 0.2) is 285 Å². The molecule has 0 spiro atoms. The summed E-state index contributed by atoms with van der Waals surface area (Å²) in [7, 11) is 0. The van der Waals surface area contributed by atoms with E-state index in [1.807, 2.05) is 0 Å². The first kappa shape index (κ1) is 44.1. The van der Waals surface area contributed by atoms with E-state index in [-0.39, 0.29) is 0 Å². The van der Waals surface area contributed by atoms with Crippen molar-refractivity contribution in [2.24, 2.45) is 0 Å². The second-order valence-electron chi connectivity index (χ2n) is 18.7. The van der Waals surface area contributed by atoms with Crippen molar-refractivity contribution < 1.29 is 0 Å². The Bertz CT molecular complexity index is 3400. The Morgan fingerprint density at radius 1 is 0.278 bits per heavy atom. The van der Waals surface area contributed by atoms with Gasteiger partial charge in [0.15, 0.2) is 0 Å². The van der Waals surface area contributed by atoms with Gasteiger partial charge in [-0.2, -0.15) is 0 Å². The molecule has 0 radical (unpaired) electrons. The van der Waals surface area contributed by atoms with Gasteiger partial charge < -0.3 is 14.7 Å². The van der Waals surface area contributed by atoms with E-state index in [9.17, 15) is 0 Å². The number of aryl methyl sites for hydroxylation is 2. The minimum atomic E-state index is -0.702. The molecule has 344 valence electrons. The molecule has 0 N–H and O–H groups in total. The lowest BCUT2D eigenvalue weighted by Crippen LogP contribution is -2.37. The number of anilines is 9. The number of fused-ring (bicyclic) bond motifs is 2. The van der Waals surface area contributed by atoms with Crippen LogP contribution in [0.4, 0.5) is 51.2 Å². The van der Waals surface area contributed by atoms with Gasteiger partial charge in [0.1, 0.15) is 0 Å². The van der Waals surface area contributed by atoms with Gasteiger partial charge in [-0.05, 0) is 167 Å². The van der Waals surface area contributed by atoms with Crippen molar-refractivity contribution in [3.05, 3.63) is 318 Å². The maximum absolute atomic E-state index is 2.43. The number of para-hydroxylation sites is 3. The van der Waals surface area contributed by atoms with E-state index in [1.54, 1.807) is 0 Å². The van der Waals surface area contributed by atoms with Crippen LogP contribution in [0.2, 0.25) is 0 Å². The normalized spacial score (nSPS) is 12.4. The van der Waals surface area contributed by atoms with E-state index in [2.05, 4.69) is 314 Å². The van der Waals surface area contributed by atoms with Crippen molar-refractivity contribution in [3.8, 4) is 22.3 Å². The molecule has 0 bridgehead atoms. The van der Waals surface area contributed by atoms with E-state index >= 15 is 0 Å². The van der Waals surface area contributed by atoms with Crippen LogP contribution in [0.3, 0.4) is 0 Å². The predicted octanol–water partition coefficient (Wildman–Crippen LogP) is 18.7. The van der Waals surface area contributed by atoms with Crippen LogP contribution in [-0.4, -0.2) is 0 Å². The predicted molar refractivity (Wildman–Crippen MR) is 303 cm³/mol. The van der Waals surface area contributed by atoms with Crippen LogP contribution < -0.4 is 14.7 Å². The zero-order chi connectivity index (χ0) is 48.4. The minimum Gasteiger partial charge on any atom is -0.310 e. The smallest absolute Gasteiger partial charge is 0.0742 e. The molecule has 72 heavy (non-hydrogen) atoms. The first-order valence-corrected chi connectivity index (χ1v) is 24.8. The Kier molecular flexibility index (Phi) is 11.6. The van der Waals surface area contributed by atoms with Gasteiger partial charge in [0.2, 0.25) is 0 Å². The highest BCUT2D eigenvalue weighted by atomic mass is 15.2. The molecule has 3 nitrogen and oxygen atoms in total. The van der Waals surface area contributed by atoms with E-state index < -0.39 is 5.41 Å². The Morgan fingerprint density at radius 2 is 0.611 bits per heavy atom. The summed E-state index contributed by atoms with van der Waals surface area (Å²) >= 11 is 0. The molecule has 0 aromatic heterocycles. The van der Waals surface area contributed by atoms with E-state index in [4.69, 9.17) is 0 Å². The third-order valence-corrected chi connectivity index (χ3v) is 14.2. The van der Waals surface area contributed by atoms with Crippen molar-refractivity contribution >= 4 is 51.2 Å². The standard InChI is InChI=1S/C69H53N3/c1-50-18-16-26-63(48-50)70(59-40-32-54(33-41-59)52-20-6-3-7-21-52)61-44-36-56(37-45-61)69(65-28-12-14-30-67(65)72(58-24-10-5-11-25-58)68-31-15-13-29-66(68)69)57-38-46-62(47-39-57)71(64-27-17-19-51(2)49-64)60-42-34-55(35-43-60)53-22-8-4-9-23-53/h3-49H,1-2H3. The summed E-state index contributed by atoms with van der Waals surface area (Å²) in [6.07, 6.45) is 0. The van der Waals surface area contributed by atoms with Gasteiger partial charge in [0.05, 0.1) is 16.8 Å². The molecule has 11 aromatic rings. The lowest BCUT2D eigenvalue weighted by molar-refractivity contribution is 0.731. The Hall–Kier alpha value is -9.18. The van der Waals surface area contributed by atoms with Crippen molar-refractivity contribution in [1.29, 1.82) is 0 Å².